The van der Waals surface area contributed by atoms with Crippen LogP contribution in [-0.4, -0.2) is 29.8 Å². The highest BCUT2D eigenvalue weighted by atomic mass is 16.1. The van der Waals surface area contributed by atoms with E-state index in [0.717, 1.165) is 19.5 Å². The Morgan fingerprint density at radius 1 is 1.15 bits per heavy atom. The lowest BCUT2D eigenvalue weighted by Crippen LogP contribution is -2.41. The van der Waals surface area contributed by atoms with Gasteiger partial charge in [0, 0.05) is 5.92 Å². The fourth-order valence-electron chi connectivity index (χ4n) is 1.56. The quantitative estimate of drug-likeness (QED) is 0.633. The van der Waals surface area contributed by atoms with E-state index in [0.29, 0.717) is 5.78 Å². The summed E-state index contributed by atoms with van der Waals surface area (Å²) in [5, 5.41) is 0. The lowest BCUT2D eigenvalue weighted by molar-refractivity contribution is -0.127. The topological polar surface area (TPSA) is 20.3 Å². The Kier molecular flexibility index (Phi) is 5.97. The Morgan fingerprint density at radius 3 is 1.92 bits per heavy atom. The van der Waals surface area contributed by atoms with E-state index in [-0.39, 0.29) is 12.0 Å². The van der Waals surface area contributed by atoms with Gasteiger partial charge in [0.2, 0.25) is 0 Å². The first-order valence-corrected chi connectivity index (χ1v) is 5.36. The molecule has 0 fully saturated rings. The van der Waals surface area contributed by atoms with Crippen molar-refractivity contribution < 1.29 is 4.79 Å². The third-order valence-electron chi connectivity index (χ3n) is 2.87. The predicted molar refractivity (Wildman–Crippen MR) is 56.8 cm³/mol. The molecule has 0 aromatic heterocycles. The van der Waals surface area contributed by atoms with E-state index >= 15 is 0 Å². The number of Topliss-reactive ketones (excluding diaryl/α,β-unsaturated/α-hetero) is 1. The number of ketones is 1. The molecule has 0 saturated heterocycles. The monoisotopic (exact) mass is 185 g/mol. The predicted octanol–water partition coefficient (Wildman–Crippen LogP) is 2.33. The molecule has 0 saturated carbocycles. The van der Waals surface area contributed by atoms with E-state index in [9.17, 15) is 4.79 Å². The van der Waals surface area contributed by atoms with Crippen molar-refractivity contribution >= 4 is 5.78 Å². The zero-order chi connectivity index (χ0) is 10.4. The minimum absolute atomic E-state index is 0.0879. The van der Waals surface area contributed by atoms with Crippen molar-refractivity contribution in [3.05, 3.63) is 0 Å². The third-order valence-corrected chi connectivity index (χ3v) is 2.87. The Morgan fingerprint density at radius 2 is 1.62 bits per heavy atom. The number of hydrogen-bond donors (Lipinski definition) is 0. The maximum absolute atomic E-state index is 11.8. The van der Waals surface area contributed by atoms with Crippen LogP contribution >= 0.6 is 0 Å². The van der Waals surface area contributed by atoms with Crippen LogP contribution in [0.1, 0.15) is 41.0 Å². The summed E-state index contributed by atoms with van der Waals surface area (Å²) in [6.07, 6.45) is 0.949. The minimum Gasteiger partial charge on any atom is -0.298 e. The number of hydrogen-bond acceptors (Lipinski definition) is 2. The van der Waals surface area contributed by atoms with Crippen LogP contribution in [0.2, 0.25) is 0 Å². The number of rotatable bonds is 6. The molecule has 0 amide bonds. The first kappa shape index (κ1) is 12.6. The molecule has 0 aliphatic carbocycles. The lowest BCUT2D eigenvalue weighted by Gasteiger charge is -2.26. The molecule has 2 heteroatoms. The molecule has 0 N–H and O–H groups in total. The standard InChI is InChI=1S/C11H23NO/c1-6-9(4)11(13)10(5)12(7-2)8-3/h9-10H,6-8H2,1-5H3/t9?,10-/m0/s1. The molecule has 0 spiro atoms. The van der Waals surface area contributed by atoms with E-state index in [4.69, 9.17) is 0 Å². The fraction of sp³-hybridized carbons (Fsp3) is 0.909. The number of carbonyl (C=O) groups excluding carboxylic acids is 1. The summed E-state index contributed by atoms with van der Waals surface area (Å²) in [5.41, 5.74) is 0. The SMILES string of the molecule is CCC(C)C(=O)[C@H](C)N(CC)CC. The van der Waals surface area contributed by atoms with Gasteiger partial charge < -0.3 is 0 Å². The molecular formula is C11H23NO. The molecule has 0 rings (SSSR count). The molecule has 2 atom stereocenters. The van der Waals surface area contributed by atoms with Crippen molar-refractivity contribution in [3.63, 3.8) is 0 Å². The Labute approximate surface area is 82.3 Å². The second kappa shape index (κ2) is 6.14. The lowest BCUT2D eigenvalue weighted by atomic mass is 9.97. The van der Waals surface area contributed by atoms with E-state index in [1.54, 1.807) is 0 Å². The van der Waals surface area contributed by atoms with Crippen LogP contribution in [-0.2, 0) is 4.79 Å². The van der Waals surface area contributed by atoms with Gasteiger partial charge in [0.1, 0.15) is 0 Å². The molecule has 0 radical (unpaired) electrons. The molecule has 78 valence electrons. The second-order valence-electron chi connectivity index (χ2n) is 3.61. The van der Waals surface area contributed by atoms with Gasteiger partial charge in [-0.15, -0.1) is 0 Å². The minimum atomic E-state index is 0.0879. The summed E-state index contributed by atoms with van der Waals surface area (Å²) >= 11 is 0. The summed E-state index contributed by atoms with van der Waals surface area (Å²) in [6, 6.07) is 0.0879. The highest BCUT2D eigenvalue weighted by molar-refractivity contribution is 5.85. The van der Waals surface area contributed by atoms with Gasteiger partial charge in [-0.05, 0) is 26.4 Å². The van der Waals surface area contributed by atoms with Crippen LogP contribution in [0.5, 0.6) is 0 Å². The summed E-state index contributed by atoms with van der Waals surface area (Å²) in [5.74, 6) is 0.585. The molecule has 13 heavy (non-hydrogen) atoms. The molecule has 0 aliphatic heterocycles. The first-order valence-electron chi connectivity index (χ1n) is 5.36. The van der Waals surface area contributed by atoms with Gasteiger partial charge in [0.15, 0.2) is 5.78 Å². The van der Waals surface area contributed by atoms with E-state index < -0.39 is 0 Å². The summed E-state index contributed by atoms with van der Waals surface area (Å²) in [7, 11) is 0. The van der Waals surface area contributed by atoms with Crippen LogP contribution in [0.15, 0.2) is 0 Å². The highest BCUT2D eigenvalue weighted by Gasteiger charge is 2.22. The average molecular weight is 185 g/mol. The summed E-state index contributed by atoms with van der Waals surface area (Å²) in [4.78, 5) is 14.0. The van der Waals surface area contributed by atoms with E-state index in [2.05, 4.69) is 25.7 Å². The van der Waals surface area contributed by atoms with Crippen LogP contribution < -0.4 is 0 Å². The molecule has 0 aliphatic rings. The Hall–Kier alpha value is -0.370. The molecule has 1 unspecified atom stereocenters. The largest absolute Gasteiger partial charge is 0.298 e. The maximum Gasteiger partial charge on any atom is 0.152 e. The molecule has 0 aromatic carbocycles. The zero-order valence-electron chi connectivity index (χ0n) is 9.63. The molecule has 0 aromatic rings. The molecule has 0 bridgehead atoms. The van der Waals surface area contributed by atoms with Crippen molar-refractivity contribution in [2.45, 2.75) is 47.1 Å². The Bertz CT molecular complexity index is 152. The van der Waals surface area contributed by atoms with Gasteiger partial charge in [-0.3, -0.25) is 9.69 Å². The molecular weight excluding hydrogens is 162 g/mol. The van der Waals surface area contributed by atoms with Crippen molar-refractivity contribution in [1.29, 1.82) is 0 Å². The van der Waals surface area contributed by atoms with E-state index in [1.807, 2.05) is 13.8 Å². The maximum atomic E-state index is 11.8. The van der Waals surface area contributed by atoms with Crippen LogP contribution in [0.25, 0.3) is 0 Å². The first-order chi connectivity index (χ1) is 6.08. The van der Waals surface area contributed by atoms with Crippen LogP contribution in [0, 0.1) is 5.92 Å². The third kappa shape index (κ3) is 3.47. The zero-order valence-corrected chi connectivity index (χ0v) is 9.63. The van der Waals surface area contributed by atoms with Crippen molar-refractivity contribution in [3.8, 4) is 0 Å². The number of nitrogens with zero attached hydrogens (tertiary/aromatic N) is 1. The van der Waals surface area contributed by atoms with Gasteiger partial charge >= 0.3 is 0 Å². The molecule has 0 heterocycles. The van der Waals surface area contributed by atoms with E-state index in [1.165, 1.54) is 0 Å². The van der Waals surface area contributed by atoms with Gasteiger partial charge in [-0.25, -0.2) is 0 Å². The van der Waals surface area contributed by atoms with Crippen molar-refractivity contribution in [2.75, 3.05) is 13.1 Å². The molecule has 2 nitrogen and oxygen atoms in total. The van der Waals surface area contributed by atoms with Crippen molar-refractivity contribution in [1.82, 2.24) is 4.90 Å². The van der Waals surface area contributed by atoms with Gasteiger partial charge in [0.25, 0.3) is 0 Å². The van der Waals surface area contributed by atoms with Crippen LogP contribution in [0.4, 0.5) is 0 Å². The normalized spacial score (nSPS) is 15.8. The smallest absolute Gasteiger partial charge is 0.152 e. The van der Waals surface area contributed by atoms with Gasteiger partial charge in [0.05, 0.1) is 6.04 Å². The van der Waals surface area contributed by atoms with Crippen molar-refractivity contribution in [2.24, 2.45) is 5.92 Å². The average Bonchev–Trinajstić information content (AvgIpc) is 2.17. The second-order valence-corrected chi connectivity index (χ2v) is 3.61. The summed E-state index contributed by atoms with van der Waals surface area (Å²) < 4.78 is 0. The highest BCUT2D eigenvalue weighted by Crippen LogP contribution is 2.10. The van der Waals surface area contributed by atoms with Gasteiger partial charge in [-0.2, -0.15) is 0 Å². The van der Waals surface area contributed by atoms with Gasteiger partial charge in [-0.1, -0.05) is 27.7 Å². The van der Waals surface area contributed by atoms with Crippen LogP contribution in [0.3, 0.4) is 0 Å². The number of carbonyl (C=O) groups is 1. The summed E-state index contributed by atoms with van der Waals surface area (Å²) in [6.45, 7) is 12.2. The number of likely N-dealkylation sites (N-methyl/N-ethyl adjacent to an activating group) is 1. The Balaban J connectivity index is 4.22. The fourth-order valence-corrected chi connectivity index (χ4v) is 1.56.